The fourth-order valence-electron chi connectivity index (χ4n) is 2.57. The molecular formula is C19H17NO4. The summed E-state index contributed by atoms with van der Waals surface area (Å²) in [7, 11) is 1.46. The van der Waals surface area contributed by atoms with Crippen molar-refractivity contribution in [2.24, 2.45) is 0 Å². The first-order chi connectivity index (χ1) is 11.6. The molecule has 3 aromatic rings. The van der Waals surface area contributed by atoms with Gasteiger partial charge in [0, 0.05) is 35.4 Å². The van der Waals surface area contributed by atoms with Crippen LogP contribution in [0.3, 0.4) is 0 Å². The SMILES string of the molecule is COCC(=O)Nc1ccc2c(C)c(C(=O)c3ccccc3)oc2c1. The Kier molecular flexibility index (Phi) is 4.44. The predicted molar refractivity (Wildman–Crippen MR) is 91.3 cm³/mol. The van der Waals surface area contributed by atoms with Crippen molar-refractivity contribution in [3.63, 3.8) is 0 Å². The van der Waals surface area contributed by atoms with E-state index in [9.17, 15) is 9.59 Å². The summed E-state index contributed by atoms with van der Waals surface area (Å²) < 4.78 is 10.6. The van der Waals surface area contributed by atoms with Crippen LogP contribution in [-0.4, -0.2) is 25.4 Å². The van der Waals surface area contributed by atoms with Crippen LogP contribution >= 0.6 is 0 Å². The Labute approximate surface area is 139 Å². The smallest absolute Gasteiger partial charge is 0.250 e. The number of aryl methyl sites for hydroxylation is 1. The predicted octanol–water partition coefficient (Wildman–Crippen LogP) is 3.56. The number of ether oxygens (including phenoxy) is 1. The topological polar surface area (TPSA) is 68.5 Å². The lowest BCUT2D eigenvalue weighted by Gasteiger charge is -2.03. The van der Waals surface area contributed by atoms with Crippen molar-refractivity contribution in [3.05, 3.63) is 65.4 Å². The molecule has 0 aliphatic rings. The van der Waals surface area contributed by atoms with Crippen LogP contribution < -0.4 is 5.32 Å². The van der Waals surface area contributed by atoms with E-state index < -0.39 is 0 Å². The van der Waals surface area contributed by atoms with Gasteiger partial charge in [-0.2, -0.15) is 0 Å². The summed E-state index contributed by atoms with van der Waals surface area (Å²) in [6, 6.07) is 14.3. The van der Waals surface area contributed by atoms with E-state index in [-0.39, 0.29) is 18.3 Å². The number of benzene rings is 2. The van der Waals surface area contributed by atoms with Gasteiger partial charge in [-0.1, -0.05) is 30.3 Å². The molecule has 0 saturated carbocycles. The molecule has 5 nitrogen and oxygen atoms in total. The Hall–Kier alpha value is -2.92. The molecule has 0 radical (unpaired) electrons. The summed E-state index contributed by atoms with van der Waals surface area (Å²) >= 11 is 0. The average molecular weight is 323 g/mol. The second-order valence-corrected chi connectivity index (χ2v) is 5.44. The van der Waals surface area contributed by atoms with Crippen molar-refractivity contribution in [2.45, 2.75) is 6.92 Å². The first-order valence-electron chi connectivity index (χ1n) is 7.52. The highest BCUT2D eigenvalue weighted by Gasteiger charge is 2.19. The van der Waals surface area contributed by atoms with Crippen molar-refractivity contribution < 1.29 is 18.7 Å². The van der Waals surface area contributed by atoms with Crippen LogP contribution in [0.1, 0.15) is 21.7 Å². The van der Waals surface area contributed by atoms with Crippen molar-refractivity contribution in [1.29, 1.82) is 0 Å². The summed E-state index contributed by atoms with van der Waals surface area (Å²) in [5, 5.41) is 3.56. The van der Waals surface area contributed by atoms with Crippen LogP contribution in [0.25, 0.3) is 11.0 Å². The Morgan fingerprint density at radius 1 is 1.12 bits per heavy atom. The van der Waals surface area contributed by atoms with Crippen LogP contribution in [-0.2, 0) is 9.53 Å². The normalized spacial score (nSPS) is 10.8. The number of rotatable bonds is 5. The van der Waals surface area contributed by atoms with Gasteiger partial charge in [-0.05, 0) is 19.1 Å². The molecule has 0 spiro atoms. The third-order valence-electron chi connectivity index (χ3n) is 3.74. The number of fused-ring (bicyclic) bond motifs is 1. The van der Waals surface area contributed by atoms with Crippen LogP contribution in [0.15, 0.2) is 52.9 Å². The first kappa shape index (κ1) is 16.0. The maximum Gasteiger partial charge on any atom is 0.250 e. The van der Waals surface area contributed by atoms with Gasteiger partial charge in [-0.3, -0.25) is 9.59 Å². The lowest BCUT2D eigenvalue weighted by atomic mass is 10.0. The second kappa shape index (κ2) is 6.68. The van der Waals surface area contributed by atoms with E-state index in [2.05, 4.69) is 5.32 Å². The lowest BCUT2D eigenvalue weighted by molar-refractivity contribution is -0.119. The summed E-state index contributed by atoms with van der Waals surface area (Å²) in [6.07, 6.45) is 0. The number of furan rings is 1. The Morgan fingerprint density at radius 2 is 1.88 bits per heavy atom. The van der Waals surface area contributed by atoms with Gasteiger partial charge < -0.3 is 14.5 Å². The van der Waals surface area contributed by atoms with E-state index in [0.29, 0.717) is 22.6 Å². The molecular weight excluding hydrogens is 306 g/mol. The number of anilines is 1. The monoisotopic (exact) mass is 323 g/mol. The summed E-state index contributed by atoms with van der Waals surface area (Å²) in [6.45, 7) is 1.83. The number of nitrogens with one attached hydrogen (secondary N) is 1. The maximum atomic E-state index is 12.6. The third kappa shape index (κ3) is 3.07. The average Bonchev–Trinajstić information content (AvgIpc) is 2.91. The molecule has 1 heterocycles. The third-order valence-corrected chi connectivity index (χ3v) is 3.74. The molecule has 1 N–H and O–H groups in total. The largest absolute Gasteiger partial charge is 0.452 e. The van der Waals surface area contributed by atoms with E-state index in [1.807, 2.05) is 31.2 Å². The second-order valence-electron chi connectivity index (χ2n) is 5.44. The molecule has 3 rings (SSSR count). The minimum atomic E-state index is -0.249. The Morgan fingerprint density at radius 3 is 2.58 bits per heavy atom. The number of carbonyl (C=O) groups excluding carboxylic acids is 2. The van der Waals surface area contributed by atoms with Gasteiger partial charge in [0.1, 0.15) is 12.2 Å². The molecule has 0 fully saturated rings. The molecule has 2 aromatic carbocycles. The minimum Gasteiger partial charge on any atom is -0.452 e. The zero-order valence-corrected chi connectivity index (χ0v) is 13.5. The molecule has 0 saturated heterocycles. The number of hydrogen-bond acceptors (Lipinski definition) is 4. The molecule has 122 valence electrons. The molecule has 0 aliphatic heterocycles. The van der Waals surface area contributed by atoms with E-state index in [1.54, 1.807) is 24.3 Å². The molecule has 1 amide bonds. The van der Waals surface area contributed by atoms with Crippen molar-refractivity contribution in [1.82, 2.24) is 0 Å². The Balaban J connectivity index is 1.95. The number of methoxy groups -OCH3 is 1. The van der Waals surface area contributed by atoms with Crippen LogP contribution in [0.5, 0.6) is 0 Å². The van der Waals surface area contributed by atoms with E-state index >= 15 is 0 Å². The zero-order valence-electron chi connectivity index (χ0n) is 13.5. The standard InChI is InChI=1S/C19H17NO4/c1-12-15-9-8-14(20-17(21)11-23-2)10-16(15)24-19(12)18(22)13-6-4-3-5-7-13/h3-10H,11H2,1-2H3,(H,20,21). The number of carbonyl (C=O) groups is 2. The first-order valence-corrected chi connectivity index (χ1v) is 7.52. The Bertz CT molecular complexity index is 896. The highest BCUT2D eigenvalue weighted by molar-refractivity contribution is 6.10. The van der Waals surface area contributed by atoms with Gasteiger partial charge in [0.25, 0.3) is 0 Å². The molecule has 0 aliphatic carbocycles. The number of hydrogen-bond donors (Lipinski definition) is 1. The van der Waals surface area contributed by atoms with Crippen molar-refractivity contribution in [3.8, 4) is 0 Å². The van der Waals surface area contributed by atoms with Crippen molar-refractivity contribution >= 4 is 28.3 Å². The molecule has 5 heteroatoms. The fraction of sp³-hybridized carbons (Fsp3) is 0.158. The van der Waals surface area contributed by atoms with E-state index in [1.165, 1.54) is 7.11 Å². The summed E-state index contributed by atoms with van der Waals surface area (Å²) in [5.74, 6) is -0.0912. The van der Waals surface area contributed by atoms with Crippen LogP contribution in [0, 0.1) is 6.92 Å². The van der Waals surface area contributed by atoms with Gasteiger partial charge >= 0.3 is 0 Å². The van der Waals surface area contributed by atoms with Crippen molar-refractivity contribution in [2.75, 3.05) is 19.0 Å². The molecule has 1 aromatic heterocycles. The van der Waals surface area contributed by atoms with Gasteiger partial charge in [0.05, 0.1) is 0 Å². The molecule has 0 bridgehead atoms. The molecule has 0 atom stereocenters. The lowest BCUT2D eigenvalue weighted by Crippen LogP contribution is -2.16. The zero-order chi connectivity index (χ0) is 17.1. The number of ketones is 1. The van der Waals surface area contributed by atoms with Gasteiger partial charge in [-0.25, -0.2) is 0 Å². The van der Waals surface area contributed by atoms with Gasteiger partial charge in [-0.15, -0.1) is 0 Å². The summed E-state index contributed by atoms with van der Waals surface area (Å²) in [4.78, 5) is 24.2. The highest BCUT2D eigenvalue weighted by atomic mass is 16.5. The van der Waals surface area contributed by atoms with Crippen LogP contribution in [0.4, 0.5) is 5.69 Å². The minimum absolute atomic E-state index is 0.0209. The quantitative estimate of drug-likeness (QED) is 0.729. The van der Waals surface area contributed by atoms with E-state index in [4.69, 9.17) is 9.15 Å². The van der Waals surface area contributed by atoms with Gasteiger partial charge in [0.15, 0.2) is 5.76 Å². The number of amides is 1. The van der Waals surface area contributed by atoms with Gasteiger partial charge in [0.2, 0.25) is 11.7 Å². The molecule has 24 heavy (non-hydrogen) atoms. The maximum absolute atomic E-state index is 12.6. The van der Waals surface area contributed by atoms with Crippen LogP contribution in [0.2, 0.25) is 0 Å². The molecule has 0 unspecified atom stereocenters. The van der Waals surface area contributed by atoms with E-state index in [0.717, 1.165) is 10.9 Å². The summed E-state index contributed by atoms with van der Waals surface area (Å²) in [5.41, 5.74) is 2.51. The fourth-order valence-corrected chi connectivity index (χ4v) is 2.57. The highest BCUT2D eigenvalue weighted by Crippen LogP contribution is 2.29.